The smallest absolute Gasteiger partial charge is 0.335 e. The fraction of sp³-hybridized carbons (Fsp3) is 0.367. The van der Waals surface area contributed by atoms with Crippen LogP contribution in [0.15, 0.2) is 91.0 Å². The Morgan fingerprint density at radius 3 is 1.61 bits per heavy atom. The van der Waals surface area contributed by atoms with Gasteiger partial charge in [0.15, 0.2) is 6.10 Å². The number of carboxylic acid groups (broad SMARTS) is 1. The van der Waals surface area contributed by atoms with Gasteiger partial charge in [0, 0.05) is 7.11 Å². The second kappa shape index (κ2) is 14.7. The minimum atomic E-state index is -1.28. The molecule has 5 atom stereocenters. The van der Waals surface area contributed by atoms with Gasteiger partial charge in [-0.05, 0) is 16.7 Å². The van der Waals surface area contributed by atoms with Gasteiger partial charge < -0.3 is 33.5 Å². The number of ether oxygens (including phenoxy) is 6. The van der Waals surface area contributed by atoms with Crippen LogP contribution in [0, 0.1) is 0 Å². The van der Waals surface area contributed by atoms with Crippen molar-refractivity contribution >= 4 is 5.97 Å². The van der Waals surface area contributed by atoms with Gasteiger partial charge >= 0.3 is 5.97 Å². The summed E-state index contributed by atoms with van der Waals surface area (Å²) in [6, 6.07) is 29.0. The summed E-state index contributed by atoms with van der Waals surface area (Å²) >= 11 is 0. The summed E-state index contributed by atoms with van der Waals surface area (Å²) in [4.78, 5) is 12.4. The average Bonchev–Trinajstić information content (AvgIpc) is 2.96. The Morgan fingerprint density at radius 1 is 0.711 bits per heavy atom. The normalized spacial score (nSPS) is 23.2. The molecule has 0 spiro atoms. The fourth-order valence-corrected chi connectivity index (χ4v) is 4.37. The number of hydrogen-bond acceptors (Lipinski definition) is 7. The van der Waals surface area contributed by atoms with Crippen LogP contribution in [0.4, 0.5) is 0 Å². The van der Waals surface area contributed by atoms with Crippen LogP contribution in [0.3, 0.4) is 0 Å². The highest BCUT2D eigenvalue weighted by atomic mass is 16.7. The van der Waals surface area contributed by atoms with Crippen LogP contribution in [-0.4, -0.2) is 62.1 Å². The summed E-state index contributed by atoms with van der Waals surface area (Å²) in [6.07, 6.45) is -4.38. The summed E-state index contributed by atoms with van der Waals surface area (Å²) in [7, 11) is 1.52. The summed E-state index contributed by atoms with van der Waals surface area (Å²) in [5, 5.41) is 10.1. The van der Waals surface area contributed by atoms with Gasteiger partial charge in [0.25, 0.3) is 0 Å². The third kappa shape index (κ3) is 7.94. The maximum Gasteiger partial charge on any atom is 0.335 e. The maximum absolute atomic E-state index is 12.4. The molecule has 1 aliphatic heterocycles. The highest BCUT2D eigenvalue weighted by molar-refractivity contribution is 5.73. The largest absolute Gasteiger partial charge is 0.479 e. The van der Waals surface area contributed by atoms with E-state index >= 15 is 0 Å². The Bertz CT molecular complexity index is 1080. The third-order valence-corrected chi connectivity index (χ3v) is 6.22. The van der Waals surface area contributed by atoms with E-state index in [4.69, 9.17) is 28.4 Å². The molecule has 0 aromatic heterocycles. The van der Waals surface area contributed by atoms with Crippen LogP contribution in [0.1, 0.15) is 16.7 Å². The van der Waals surface area contributed by atoms with E-state index < -0.39 is 36.5 Å². The SMILES string of the molecule is COCOC[C@@H]1O[C@H](C(=O)O)[C@@H](OCc2ccccc2)[C@H](OCc2ccccc2)[C@H]1OCc1ccccc1. The van der Waals surface area contributed by atoms with Crippen molar-refractivity contribution in [1.82, 2.24) is 0 Å². The predicted molar refractivity (Wildman–Crippen MR) is 139 cm³/mol. The first-order valence-electron chi connectivity index (χ1n) is 12.6. The topological polar surface area (TPSA) is 92.7 Å². The van der Waals surface area contributed by atoms with Crippen molar-refractivity contribution in [2.24, 2.45) is 0 Å². The van der Waals surface area contributed by atoms with Gasteiger partial charge in [-0.15, -0.1) is 0 Å². The lowest BCUT2D eigenvalue weighted by Gasteiger charge is -2.44. The van der Waals surface area contributed by atoms with E-state index in [0.29, 0.717) is 0 Å². The molecule has 8 heteroatoms. The summed E-state index contributed by atoms with van der Waals surface area (Å²) < 4.78 is 35.7. The highest BCUT2D eigenvalue weighted by Crippen LogP contribution is 2.31. The minimum Gasteiger partial charge on any atom is -0.479 e. The molecule has 8 nitrogen and oxygen atoms in total. The molecule has 0 aliphatic carbocycles. The first-order chi connectivity index (χ1) is 18.7. The van der Waals surface area contributed by atoms with Crippen molar-refractivity contribution in [3.05, 3.63) is 108 Å². The molecule has 1 fully saturated rings. The van der Waals surface area contributed by atoms with E-state index in [-0.39, 0.29) is 33.2 Å². The molecule has 4 rings (SSSR count). The molecule has 0 bridgehead atoms. The van der Waals surface area contributed by atoms with Crippen LogP contribution < -0.4 is 0 Å². The van der Waals surface area contributed by atoms with Crippen LogP contribution in [0.25, 0.3) is 0 Å². The zero-order chi connectivity index (χ0) is 26.6. The number of methoxy groups -OCH3 is 1. The number of aliphatic carboxylic acids is 1. The van der Waals surface area contributed by atoms with E-state index in [1.54, 1.807) is 0 Å². The molecule has 1 heterocycles. The van der Waals surface area contributed by atoms with Crippen LogP contribution in [0.5, 0.6) is 0 Å². The second-order valence-corrected chi connectivity index (χ2v) is 8.99. The molecule has 38 heavy (non-hydrogen) atoms. The monoisotopic (exact) mass is 522 g/mol. The summed E-state index contributed by atoms with van der Waals surface area (Å²) in [5.74, 6) is -1.14. The van der Waals surface area contributed by atoms with E-state index in [9.17, 15) is 9.90 Å². The highest BCUT2D eigenvalue weighted by Gasteiger charge is 2.51. The van der Waals surface area contributed by atoms with Crippen molar-refractivity contribution in [1.29, 1.82) is 0 Å². The minimum absolute atomic E-state index is 0.0342. The second-order valence-electron chi connectivity index (χ2n) is 8.99. The molecular formula is C30H34O8. The first-order valence-corrected chi connectivity index (χ1v) is 12.6. The average molecular weight is 523 g/mol. The van der Waals surface area contributed by atoms with Crippen molar-refractivity contribution in [2.45, 2.75) is 50.3 Å². The lowest BCUT2D eigenvalue weighted by Crippen LogP contribution is -2.63. The number of benzene rings is 3. The zero-order valence-corrected chi connectivity index (χ0v) is 21.4. The molecule has 0 saturated carbocycles. The quantitative estimate of drug-likeness (QED) is 0.249. The Labute approximate surface area is 223 Å². The molecule has 1 saturated heterocycles. The zero-order valence-electron chi connectivity index (χ0n) is 21.4. The van der Waals surface area contributed by atoms with Crippen LogP contribution in [-0.2, 0) is 53.0 Å². The van der Waals surface area contributed by atoms with Gasteiger partial charge in [-0.3, -0.25) is 0 Å². The van der Waals surface area contributed by atoms with Gasteiger partial charge in [-0.2, -0.15) is 0 Å². The third-order valence-electron chi connectivity index (χ3n) is 6.22. The fourth-order valence-electron chi connectivity index (χ4n) is 4.37. The predicted octanol–water partition coefficient (Wildman–Crippen LogP) is 4.22. The van der Waals surface area contributed by atoms with Gasteiger partial charge in [0.05, 0.1) is 26.4 Å². The number of hydrogen-bond donors (Lipinski definition) is 1. The van der Waals surface area contributed by atoms with E-state index in [0.717, 1.165) is 16.7 Å². The van der Waals surface area contributed by atoms with E-state index in [1.165, 1.54) is 7.11 Å². The van der Waals surface area contributed by atoms with Gasteiger partial charge in [-0.1, -0.05) is 91.0 Å². The Morgan fingerprint density at radius 2 is 1.16 bits per heavy atom. The molecule has 3 aromatic rings. The van der Waals surface area contributed by atoms with Crippen molar-refractivity contribution in [3.8, 4) is 0 Å². The van der Waals surface area contributed by atoms with Crippen LogP contribution >= 0.6 is 0 Å². The molecular weight excluding hydrogens is 488 g/mol. The number of carboxylic acids is 1. The Kier molecular flexibility index (Phi) is 10.8. The standard InChI is InChI=1S/C30H34O8/c1-33-21-34-20-25-26(35-17-22-11-5-2-6-12-22)27(36-18-23-13-7-3-8-14-23)28(29(38-25)30(31)32)37-19-24-15-9-4-10-16-24/h2-16,25-29H,17-21H2,1H3,(H,31,32)/t25-,26-,27+,28-,29-/m0/s1. The molecule has 202 valence electrons. The van der Waals surface area contributed by atoms with Crippen molar-refractivity contribution in [3.63, 3.8) is 0 Å². The number of carbonyl (C=O) groups is 1. The molecule has 1 N–H and O–H groups in total. The molecule has 1 aliphatic rings. The molecule has 3 aromatic carbocycles. The van der Waals surface area contributed by atoms with Crippen LogP contribution in [0.2, 0.25) is 0 Å². The van der Waals surface area contributed by atoms with E-state index in [1.807, 2.05) is 91.0 Å². The lowest BCUT2D eigenvalue weighted by atomic mass is 9.94. The molecule has 0 radical (unpaired) electrons. The Balaban J connectivity index is 1.62. The van der Waals surface area contributed by atoms with Gasteiger partial charge in [0.1, 0.15) is 31.2 Å². The summed E-state index contributed by atoms with van der Waals surface area (Å²) in [5.41, 5.74) is 2.82. The number of rotatable bonds is 14. The van der Waals surface area contributed by atoms with Crippen molar-refractivity contribution in [2.75, 3.05) is 20.5 Å². The summed E-state index contributed by atoms with van der Waals surface area (Å²) in [6.45, 7) is 0.824. The Hall–Kier alpha value is -3.11. The molecule has 0 amide bonds. The lowest BCUT2D eigenvalue weighted by molar-refractivity contribution is -0.273. The molecule has 0 unspecified atom stereocenters. The van der Waals surface area contributed by atoms with Gasteiger partial charge in [-0.25, -0.2) is 4.79 Å². The van der Waals surface area contributed by atoms with Crippen molar-refractivity contribution < 1.29 is 38.3 Å². The first kappa shape index (κ1) is 27.9. The maximum atomic E-state index is 12.4. The van der Waals surface area contributed by atoms with Gasteiger partial charge in [0.2, 0.25) is 0 Å². The van der Waals surface area contributed by atoms with E-state index in [2.05, 4.69) is 0 Å².